The van der Waals surface area contributed by atoms with Crippen molar-refractivity contribution in [2.24, 2.45) is 5.73 Å². The van der Waals surface area contributed by atoms with Crippen LogP contribution in [-0.2, 0) is 11.2 Å². The van der Waals surface area contributed by atoms with E-state index in [4.69, 9.17) is 5.73 Å². The van der Waals surface area contributed by atoms with Crippen LogP contribution in [0.25, 0.3) is 0 Å². The normalized spacial score (nSPS) is 19.1. The van der Waals surface area contributed by atoms with E-state index in [1.807, 2.05) is 23.6 Å². The Hall–Kier alpha value is -1.65. The molecule has 3 nitrogen and oxygen atoms in total. The molecule has 0 aliphatic heterocycles. The van der Waals surface area contributed by atoms with Crippen molar-refractivity contribution in [2.75, 3.05) is 0 Å². The molecular weight excluding hydrogens is 268 g/mol. The lowest BCUT2D eigenvalue weighted by Crippen LogP contribution is -2.37. The van der Waals surface area contributed by atoms with Crippen LogP contribution < -0.4 is 11.1 Å². The zero-order valence-electron chi connectivity index (χ0n) is 11.2. The van der Waals surface area contributed by atoms with Gasteiger partial charge in [0.1, 0.15) is 6.04 Å². The van der Waals surface area contributed by atoms with Crippen LogP contribution >= 0.6 is 11.3 Å². The van der Waals surface area contributed by atoms with Crippen LogP contribution in [0.1, 0.15) is 40.9 Å². The largest absolute Gasteiger partial charge is 0.348 e. The molecule has 0 saturated heterocycles. The summed E-state index contributed by atoms with van der Waals surface area (Å²) in [6.45, 7) is 0. The molecule has 1 amide bonds. The maximum atomic E-state index is 12.3. The summed E-state index contributed by atoms with van der Waals surface area (Å²) in [6.07, 6.45) is 3.19. The summed E-state index contributed by atoms with van der Waals surface area (Å²) >= 11 is 1.52. The Morgan fingerprint density at radius 1 is 1.30 bits per heavy atom. The zero-order chi connectivity index (χ0) is 13.9. The number of hydrogen-bond donors (Lipinski definition) is 2. The minimum Gasteiger partial charge on any atom is -0.348 e. The molecule has 0 spiro atoms. The molecule has 0 saturated carbocycles. The second-order valence-corrected chi connectivity index (χ2v) is 6.12. The number of rotatable bonds is 3. The summed E-state index contributed by atoms with van der Waals surface area (Å²) in [6, 6.07) is 11.7. The Morgan fingerprint density at radius 3 is 2.95 bits per heavy atom. The van der Waals surface area contributed by atoms with Gasteiger partial charge in [0.2, 0.25) is 5.91 Å². The summed E-state index contributed by atoms with van der Waals surface area (Å²) in [5, 5.41) is 5.05. The van der Waals surface area contributed by atoms with E-state index in [-0.39, 0.29) is 11.9 Å². The van der Waals surface area contributed by atoms with Gasteiger partial charge in [-0.2, -0.15) is 0 Å². The van der Waals surface area contributed by atoms with E-state index in [2.05, 4.69) is 23.5 Å². The van der Waals surface area contributed by atoms with Gasteiger partial charge < -0.3 is 11.1 Å². The van der Waals surface area contributed by atoms with Crippen LogP contribution in [0, 0.1) is 0 Å². The van der Waals surface area contributed by atoms with E-state index in [0.29, 0.717) is 0 Å². The second kappa shape index (κ2) is 5.77. The number of hydrogen-bond acceptors (Lipinski definition) is 3. The van der Waals surface area contributed by atoms with Gasteiger partial charge in [0.05, 0.1) is 6.04 Å². The molecule has 1 aliphatic carbocycles. The Balaban J connectivity index is 1.74. The molecule has 1 aliphatic rings. The van der Waals surface area contributed by atoms with Crippen LogP contribution in [0.3, 0.4) is 0 Å². The minimum absolute atomic E-state index is 0.0887. The molecule has 104 valence electrons. The fraction of sp³-hybridized carbons (Fsp3) is 0.312. The molecule has 1 aromatic carbocycles. The third kappa shape index (κ3) is 2.62. The van der Waals surface area contributed by atoms with Gasteiger partial charge in [-0.25, -0.2) is 0 Å². The Morgan fingerprint density at radius 2 is 2.15 bits per heavy atom. The lowest BCUT2D eigenvalue weighted by Gasteiger charge is -2.27. The first-order valence-electron chi connectivity index (χ1n) is 6.93. The lowest BCUT2D eigenvalue weighted by atomic mass is 9.87. The van der Waals surface area contributed by atoms with E-state index in [1.165, 1.54) is 22.5 Å². The van der Waals surface area contributed by atoms with E-state index in [1.54, 1.807) is 0 Å². The van der Waals surface area contributed by atoms with Gasteiger partial charge in [-0.05, 0) is 41.8 Å². The van der Waals surface area contributed by atoms with Gasteiger partial charge in [-0.3, -0.25) is 4.79 Å². The van der Waals surface area contributed by atoms with E-state index in [9.17, 15) is 4.79 Å². The molecule has 1 heterocycles. The first-order chi connectivity index (χ1) is 9.75. The smallest absolute Gasteiger partial charge is 0.242 e. The molecular formula is C16H18N2OS. The average molecular weight is 286 g/mol. The highest BCUT2D eigenvalue weighted by Gasteiger charge is 2.24. The summed E-state index contributed by atoms with van der Waals surface area (Å²) in [5.41, 5.74) is 8.60. The maximum Gasteiger partial charge on any atom is 0.242 e. The molecule has 3 rings (SSSR count). The molecule has 0 fully saturated rings. The zero-order valence-corrected chi connectivity index (χ0v) is 12.0. The summed E-state index contributed by atoms with van der Waals surface area (Å²) in [5.74, 6) is -0.0887. The molecule has 0 radical (unpaired) electrons. The van der Waals surface area contributed by atoms with Crippen LogP contribution in [0.15, 0.2) is 41.8 Å². The molecule has 2 unspecified atom stereocenters. The highest BCUT2D eigenvalue weighted by molar-refractivity contribution is 7.10. The van der Waals surface area contributed by atoms with Crippen molar-refractivity contribution in [1.82, 2.24) is 5.32 Å². The Bertz CT molecular complexity index is 594. The number of benzene rings is 1. The fourth-order valence-electron chi connectivity index (χ4n) is 2.76. The maximum absolute atomic E-state index is 12.3. The van der Waals surface area contributed by atoms with Gasteiger partial charge in [0.15, 0.2) is 0 Å². The van der Waals surface area contributed by atoms with Gasteiger partial charge in [-0.1, -0.05) is 30.3 Å². The number of fused-ring (bicyclic) bond motifs is 1. The number of nitrogens with one attached hydrogen (secondary N) is 1. The predicted molar refractivity (Wildman–Crippen MR) is 81.5 cm³/mol. The monoisotopic (exact) mass is 286 g/mol. The van der Waals surface area contributed by atoms with Gasteiger partial charge in [0.25, 0.3) is 0 Å². The number of carbonyl (C=O) groups is 1. The third-order valence-electron chi connectivity index (χ3n) is 3.82. The highest BCUT2D eigenvalue weighted by Crippen LogP contribution is 2.30. The number of aryl methyl sites for hydroxylation is 1. The SMILES string of the molecule is NC(C(=O)NC1CCCc2ccccc21)c1cccs1. The Kier molecular flexibility index (Phi) is 3.85. The fourth-order valence-corrected chi connectivity index (χ4v) is 3.49. The van der Waals surface area contributed by atoms with Crippen LogP contribution in [-0.4, -0.2) is 5.91 Å². The third-order valence-corrected chi connectivity index (χ3v) is 4.77. The summed E-state index contributed by atoms with van der Waals surface area (Å²) < 4.78 is 0. The summed E-state index contributed by atoms with van der Waals surface area (Å²) in [4.78, 5) is 13.2. The van der Waals surface area contributed by atoms with Crippen molar-refractivity contribution in [2.45, 2.75) is 31.3 Å². The van der Waals surface area contributed by atoms with Gasteiger partial charge in [-0.15, -0.1) is 11.3 Å². The molecule has 2 aromatic rings. The van der Waals surface area contributed by atoms with Crippen molar-refractivity contribution >= 4 is 17.2 Å². The Labute approximate surface area is 122 Å². The van der Waals surface area contributed by atoms with E-state index < -0.39 is 6.04 Å². The van der Waals surface area contributed by atoms with E-state index in [0.717, 1.165) is 24.1 Å². The molecule has 2 atom stereocenters. The van der Waals surface area contributed by atoms with Crippen molar-refractivity contribution in [3.63, 3.8) is 0 Å². The molecule has 20 heavy (non-hydrogen) atoms. The number of carbonyl (C=O) groups excluding carboxylic acids is 1. The standard InChI is InChI=1S/C16H18N2OS/c17-15(14-9-4-10-20-14)16(19)18-13-8-3-6-11-5-1-2-7-12(11)13/h1-2,4-5,7,9-10,13,15H,3,6,8,17H2,(H,18,19). The van der Waals surface area contributed by atoms with Gasteiger partial charge in [0, 0.05) is 4.88 Å². The highest BCUT2D eigenvalue weighted by atomic mass is 32.1. The first-order valence-corrected chi connectivity index (χ1v) is 7.81. The average Bonchev–Trinajstić information content (AvgIpc) is 3.01. The lowest BCUT2D eigenvalue weighted by molar-refractivity contribution is -0.123. The molecule has 0 bridgehead atoms. The predicted octanol–water partition coefficient (Wildman–Crippen LogP) is 2.94. The second-order valence-electron chi connectivity index (χ2n) is 5.15. The molecule has 1 aromatic heterocycles. The van der Waals surface area contributed by atoms with Crippen molar-refractivity contribution in [3.05, 3.63) is 57.8 Å². The number of nitrogens with two attached hydrogens (primary N) is 1. The minimum atomic E-state index is -0.566. The number of thiophene rings is 1. The van der Waals surface area contributed by atoms with Crippen molar-refractivity contribution < 1.29 is 4.79 Å². The van der Waals surface area contributed by atoms with Crippen molar-refractivity contribution in [1.29, 1.82) is 0 Å². The van der Waals surface area contributed by atoms with Gasteiger partial charge >= 0.3 is 0 Å². The van der Waals surface area contributed by atoms with Crippen LogP contribution in [0.2, 0.25) is 0 Å². The number of amides is 1. The first kappa shape index (κ1) is 13.3. The molecule has 4 heteroatoms. The van der Waals surface area contributed by atoms with E-state index >= 15 is 0 Å². The quantitative estimate of drug-likeness (QED) is 0.911. The summed E-state index contributed by atoms with van der Waals surface area (Å²) in [7, 11) is 0. The van der Waals surface area contributed by atoms with Crippen molar-refractivity contribution in [3.8, 4) is 0 Å². The van der Waals surface area contributed by atoms with Crippen LogP contribution in [0.5, 0.6) is 0 Å². The topological polar surface area (TPSA) is 55.1 Å². The van der Waals surface area contributed by atoms with Crippen LogP contribution in [0.4, 0.5) is 0 Å². The molecule has 3 N–H and O–H groups in total.